The Morgan fingerprint density at radius 1 is 0.552 bits per heavy atom. The zero-order valence-electron chi connectivity index (χ0n) is 60.6. The summed E-state index contributed by atoms with van der Waals surface area (Å²) >= 11 is 0. The number of nitrogens with zero attached hydrogens (tertiary/aromatic N) is 3. The number of hydrogen-bond donors (Lipinski definition) is 1. The molecule has 0 saturated heterocycles. The van der Waals surface area contributed by atoms with Crippen LogP contribution in [0.3, 0.4) is 0 Å². The van der Waals surface area contributed by atoms with Crippen LogP contribution < -0.4 is 0 Å². The van der Waals surface area contributed by atoms with Crippen molar-refractivity contribution in [3.8, 4) is 78.6 Å². The van der Waals surface area contributed by atoms with Crippen LogP contribution in [-0.2, 0) is 37.3 Å². The molecule has 9 rings (SSSR count). The summed E-state index contributed by atoms with van der Waals surface area (Å²) in [5.41, 5.74) is -7.42. The molecule has 0 amide bonds. The van der Waals surface area contributed by atoms with Gasteiger partial charge in [0.15, 0.2) is 0 Å². The summed E-state index contributed by atoms with van der Waals surface area (Å²) in [4.78, 5) is 9.74. The number of aromatic nitrogens is 3. The summed E-state index contributed by atoms with van der Waals surface area (Å²) in [7, 11) is 0. The molecule has 340 valence electrons. The van der Waals surface area contributed by atoms with Crippen LogP contribution in [0.5, 0.6) is 5.75 Å². The Morgan fingerprint density at radius 2 is 1.22 bits per heavy atom. The molecule has 2 aromatic heterocycles. The van der Waals surface area contributed by atoms with E-state index in [0.717, 1.165) is 10.1 Å². The molecule has 9 aromatic rings. The third kappa shape index (κ3) is 9.47. The van der Waals surface area contributed by atoms with Crippen molar-refractivity contribution in [3.05, 3.63) is 192 Å². The third-order valence-corrected chi connectivity index (χ3v) is 11.7. The summed E-state index contributed by atoms with van der Waals surface area (Å²) in [6.45, 7) is -24.5. The number of phenols is 1. The van der Waals surface area contributed by atoms with E-state index in [4.69, 9.17) is 42.9 Å². The van der Waals surface area contributed by atoms with Crippen LogP contribution in [0.25, 0.3) is 83.9 Å². The van der Waals surface area contributed by atoms with E-state index in [1.54, 1.807) is 66.9 Å². The van der Waals surface area contributed by atoms with Crippen LogP contribution in [0, 0.1) is 19.8 Å². The Balaban J connectivity index is 0.0000107. The third-order valence-electron chi connectivity index (χ3n) is 11.7. The standard InChI is InChI=1S/C62H60N3O.Pt/c1-39-20-22-42(23-21-39)45-30-31-63-54(36-45)48-34-46(41-16-13-12-14-17-41)33-47(35-48)51-18-15-19-56-57(51)64-59(52-37-50(61(6,7)8)38-53(58(52)66)62(9,10)11)65(56)55-29-26-44(32-40(55)2)43-24-27-49(28-25-43)60(3,4)5;/h12-34,36-38,66H,1-11H3;/q-1;/i1D3,2D3,6D3,7D3,8D3,9D3,10D3,11D3;. The maximum absolute atomic E-state index is 13.1. The minimum Gasteiger partial charge on any atom is -0.507 e. The van der Waals surface area contributed by atoms with E-state index in [-0.39, 0.29) is 66.0 Å². The number of fused-ring (bicyclic) bond motifs is 1. The second kappa shape index (κ2) is 18.0. The molecule has 0 unspecified atom stereocenters. The quantitative estimate of drug-likeness (QED) is 0.162. The first-order chi connectivity index (χ1) is 41.3. The van der Waals surface area contributed by atoms with Gasteiger partial charge >= 0.3 is 0 Å². The Hall–Kier alpha value is -6.35. The van der Waals surface area contributed by atoms with Gasteiger partial charge in [-0.15, -0.1) is 23.8 Å². The van der Waals surface area contributed by atoms with E-state index in [9.17, 15) is 5.11 Å². The van der Waals surface area contributed by atoms with Gasteiger partial charge in [-0.3, -0.25) is 9.55 Å². The first-order valence-electron chi connectivity index (χ1n) is 33.1. The molecule has 7 aromatic carbocycles. The van der Waals surface area contributed by atoms with Gasteiger partial charge in [-0.2, -0.15) is 0 Å². The molecule has 0 saturated carbocycles. The van der Waals surface area contributed by atoms with Crippen molar-refractivity contribution in [2.75, 3.05) is 0 Å². The molecule has 0 bridgehead atoms. The molecule has 67 heavy (non-hydrogen) atoms. The molecule has 4 nitrogen and oxygen atoms in total. The zero-order valence-corrected chi connectivity index (χ0v) is 38.9. The number of hydrogen-bond acceptors (Lipinski definition) is 3. The van der Waals surface area contributed by atoms with E-state index in [2.05, 4.69) is 6.07 Å². The van der Waals surface area contributed by atoms with Gasteiger partial charge in [-0.25, -0.2) is 4.98 Å². The van der Waals surface area contributed by atoms with Crippen molar-refractivity contribution in [2.24, 2.45) is 0 Å². The zero-order chi connectivity index (χ0) is 66.7. The number of benzene rings is 7. The molecular weight excluding hydrogens is 998 g/mol. The van der Waals surface area contributed by atoms with Gasteiger partial charge in [0, 0.05) is 71.4 Å². The maximum Gasteiger partial charge on any atom is 0.148 e. The van der Waals surface area contributed by atoms with E-state index >= 15 is 0 Å². The van der Waals surface area contributed by atoms with E-state index < -0.39 is 99.5 Å². The van der Waals surface area contributed by atoms with Crippen molar-refractivity contribution < 1.29 is 59.1 Å². The number of rotatable bonds is 7. The van der Waals surface area contributed by atoms with Gasteiger partial charge < -0.3 is 5.11 Å². The SMILES string of the molecule is [2H]C([2H])([2H])c1ccc(-c2ccnc(-c3[c-]c(-c4cccc5c4nc(-c4cc(C(C([2H])([2H])[2H])(C([2H])([2H])[2H])C([2H])([2H])[2H])cc(C(C([2H])([2H])[2H])(C([2H])([2H])[2H])C([2H])([2H])[2H])c4O)n5-c4ccc(-c5ccc(C(C)(C)C)cc5)cc4C([2H])([2H])[2H])cc(-c4ccccc4)c3)c2)cc1.[Pt]. The number of phenolic OH excluding ortho intramolecular Hbond substituents is 1. The van der Waals surface area contributed by atoms with E-state index in [1.165, 1.54) is 30.3 Å². The summed E-state index contributed by atoms with van der Waals surface area (Å²) in [6.07, 6.45) is 1.56. The number of imidazole rings is 1. The number of para-hydroxylation sites is 1. The average molecular weight is 1080 g/mol. The molecular formula is C62H60N3OPt-. The first kappa shape index (κ1) is 25.7. The van der Waals surface area contributed by atoms with Gasteiger partial charge in [0.25, 0.3) is 0 Å². The molecule has 0 spiro atoms. The molecule has 0 fully saturated rings. The van der Waals surface area contributed by atoms with Gasteiger partial charge in [-0.1, -0.05) is 193 Å². The van der Waals surface area contributed by atoms with Gasteiger partial charge in [0.1, 0.15) is 11.6 Å². The molecule has 0 aliphatic heterocycles. The molecule has 1 N–H and O–H groups in total. The average Bonchev–Trinajstić information content (AvgIpc) is 1.19. The maximum atomic E-state index is 13.1. The summed E-state index contributed by atoms with van der Waals surface area (Å²) in [5.74, 6) is -2.23. The van der Waals surface area contributed by atoms with E-state index in [0.29, 0.717) is 50.7 Å². The van der Waals surface area contributed by atoms with Crippen molar-refractivity contribution in [1.82, 2.24) is 14.5 Å². The first-order valence-corrected chi connectivity index (χ1v) is 21.1. The van der Waals surface area contributed by atoms with E-state index in [1.807, 2.05) is 69.3 Å². The Morgan fingerprint density at radius 3 is 1.91 bits per heavy atom. The van der Waals surface area contributed by atoms with Gasteiger partial charge in [0.05, 0.1) is 22.3 Å². The molecule has 0 radical (unpaired) electrons. The number of aryl methyl sites for hydroxylation is 2. The Kier molecular flexibility index (Phi) is 6.92. The number of pyridine rings is 1. The van der Waals surface area contributed by atoms with Crippen molar-refractivity contribution >= 4 is 11.0 Å². The van der Waals surface area contributed by atoms with Crippen LogP contribution >= 0.6 is 0 Å². The van der Waals surface area contributed by atoms with Crippen LogP contribution in [0.4, 0.5) is 0 Å². The minimum absolute atomic E-state index is 0. The van der Waals surface area contributed by atoms with Crippen molar-refractivity contribution in [2.45, 2.75) is 91.8 Å². The topological polar surface area (TPSA) is 50.9 Å². The smallest absolute Gasteiger partial charge is 0.148 e. The summed E-state index contributed by atoms with van der Waals surface area (Å²) in [5, 5.41) is 13.1. The van der Waals surface area contributed by atoms with Crippen LogP contribution in [-0.4, -0.2) is 19.6 Å². The van der Waals surface area contributed by atoms with Crippen molar-refractivity contribution in [3.63, 3.8) is 0 Å². The van der Waals surface area contributed by atoms with Crippen molar-refractivity contribution in [1.29, 1.82) is 0 Å². The van der Waals surface area contributed by atoms with Crippen LogP contribution in [0.15, 0.2) is 158 Å². The fraction of sp³-hybridized carbons (Fsp3) is 0.226. The Bertz CT molecular complexity index is 4090. The predicted molar refractivity (Wildman–Crippen MR) is 278 cm³/mol. The van der Waals surface area contributed by atoms with Gasteiger partial charge in [-0.05, 0) is 105 Å². The van der Waals surface area contributed by atoms with Crippen LogP contribution in [0.1, 0.15) is 123 Å². The molecule has 0 aliphatic carbocycles. The number of aromatic hydroxyl groups is 1. The normalized spacial score (nSPS) is 18.9. The molecule has 2 heterocycles. The van der Waals surface area contributed by atoms with Gasteiger partial charge in [0.2, 0.25) is 0 Å². The second-order valence-corrected chi connectivity index (χ2v) is 17.5. The monoisotopic (exact) mass is 1080 g/mol. The minimum atomic E-state index is -4.27. The summed E-state index contributed by atoms with van der Waals surface area (Å²) in [6, 6.07) is 43.1. The second-order valence-electron chi connectivity index (χ2n) is 17.5. The predicted octanol–water partition coefficient (Wildman–Crippen LogP) is 16.4. The Labute approximate surface area is 445 Å². The fourth-order valence-corrected chi connectivity index (χ4v) is 8.19. The molecule has 0 atom stereocenters. The summed E-state index contributed by atoms with van der Waals surface area (Å²) < 4.78 is 210. The fourth-order valence-electron chi connectivity index (χ4n) is 8.19. The molecule has 0 aliphatic rings. The largest absolute Gasteiger partial charge is 0.507 e. The van der Waals surface area contributed by atoms with Crippen LogP contribution in [0.2, 0.25) is 0 Å². The molecule has 5 heteroatoms.